The van der Waals surface area contributed by atoms with Gasteiger partial charge in [0.25, 0.3) is 0 Å². The minimum atomic E-state index is 0.955. The van der Waals surface area contributed by atoms with Gasteiger partial charge in [-0.2, -0.15) is 0 Å². The minimum absolute atomic E-state index is 0.955. The number of benzene rings is 3. The van der Waals surface area contributed by atoms with E-state index >= 15 is 0 Å². The average molecular weight is 397 g/mol. The summed E-state index contributed by atoms with van der Waals surface area (Å²) >= 11 is 0. The van der Waals surface area contributed by atoms with Crippen molar-refractivity contribution in [3.63, 3.8) is 0 Å². The van der Waals surface area contributed by atoms with E-state index in [0.29, 0.717) is 0 Å². The van der Waals surface area contributed by atoms with Gasteiger partial charge >= 0.3 is 0 Å². The summed E-state index contributed by atoms with van der Waals surface area (Å²) in [5.74, 6) is 0. The van der Waals surface area contributed by atoms with Gasteiger partial charge in [0, 0.05) is 13.1 Å². The first-order valence-electron chi connectivity index (χ1n) is 11.1. The van der Waals surface area contributed by atoms with Gasteiger partial charge in [-0.15, -0.1) is 0 Å². The molecule has 1 saturated heterocycles. The predicted octanol–water partition coefficient (Wildman–Crippen LogP) is 7.02. The van der Waals surface area contributed by atoms with E-state index < -0.39 is 0 Å². The number of hydrogen-bond donors (Lipinski definition) is 0. The first kappa shape index (κ1) is 20.4. The van der Waals surface area contributed by atoms with Crippen LogP contribution in [0.1, 0.15) is 47.1 Å². The van der Waals surface area contributed by atoms with Crippen molar-refractivity contribution in [2.75, 3.05) is 13.1 Å². The molecule has 0 spiro atoms. The lowest BCUT2D eigenvalue weighted by Crippen LogP contribution is -2.28. The monoisotopic (exact) mass is 396 g/mol. The van der Waals surface area contributed by atoms with E-state index in [0.717, 1.165) is 25.2 Å². The van der Waals surface area contributed by atoms with Gasteiger partial charge < -0.3 is 4.90 Å². The van der Waals surface area contributed by atoms with Crippen LogP contribution in [0.4, 0.5) is 5.69 Å². The first-order chi connectivity index (χ1) is 14.6. The molecule has 2 heteroatoms. The lowest BCUT2D eigenvalue weighted by atomic mass is 9.95. The quantitative estimate of drug-likeness (QED) is 0.334. The maximum Gasteiger partial charge on any atom is 0.0912 e. The highest BCUT2D eigenvalue weighted by atomic mass is 15.1. The molecule has 154 valence electrons. The maximum atomic E-state index is 4.79. The van der Waals surface area contributed by atoms with Crippen LogP contribution in [0.3, 0.4) is 0 Å². The molecule has 1 aliphatic heterocycles. The molecule has 0 N–H and O–H groups in total. The summed E-state index contributed by atoms with van der Waals surface area (Å²) in [5, 5.41) is 0. The van der Waals surface area contributed by atoms with Gasteiger partial charge in [0.1, 0.15) is 0 Å². The molecule has 2 nitrogen and oxygen atoms in total. The number of likely N-dealkylation sites (tertiary alicyclic amines) is 1. The van der Waals surface area contributed by atoms with Gasteiger partial charge in [0.15, 0.2) is 0 Å². The van der Waals surface area contributed by atoms with Crippen LogP contribution in [0.25, 0.3) is 11.1 Å². The summed E-state index contributed by atoms with van der Waals surface area (Å²) < 4.78 is 0. The van der Waals surface area contributed by atoms with Gasteiger partial charge in [0.05, 0.1) is 12.0 Å². The topological polar surface area (TPSA) is 15.6 Å². The molecule has 30 heavy (non-hydrogen) atoms. The van der Waals surface area contributed by atoms with Gasteiger partial charge in [-0.25, -0.2) is 4.99 Å². The van der Waals surface area contributed by atoms with Crippen molar-refractivity contribution in [1.82, 2.24) is 4.90 Å². The minimum Gasteiger partial charge on any atom is -0.363 e. The number of aliphatic imine (C=N–C) groups is 1. The highest BCUT2D eigenvalue weighted by molar-refractivity contribution is 5.67. The largest absolute Gasteiger partial charge is 0.363 e. The molecule has 0 bridgehead atoms. The Morgan fingerprint density at radius 2 is 1.53 bits per heavy atom. The Balaban J connectivity index is 1.48. The molecule has 3 aromatic carbocycles. The summed E-state index contributed by atoms with van der Waals surface area (Å²) in [5.41, 5.74) is 10.3. The summed E-state index contributed by atoms with van der Waals surface area (Å²) in [7, 11) is 0. The SMILES string of the molecule is Cc1cc(N=CN2CCCCC2)c(C)cc1Cc1ccc(-c2ccccc2C)cc1. The molecule has 0 amide bonds. The maximum absolute atomic E-state index is 4.79. The molecule has 1 aliphatic rings. The molecular weight excluding hydrogens is 364 g/mol. The summed E-state index contributed by atoms with van der Waals surface area (Å²) in [6.07, 6.45) is 6.92. The van der Waals surface area contributed by atoms with Crippen LogP contribution in [0.2, 0.25) is 0 Å². The van der Waals surface area contributed by atoms with Crippen LogP contribution in [0.5, 0.6) is 0 Å². The van der Waals surface area contributed by atoms with E-state index in [1.165, 1.54) is 58.2 Å². The second-order valence-electron chi connectivity index (χ2n) is 8.59. The van der Waals surface area contributed by atoms with Crippen molar-refractivity contribution in [2.24, 2.45) is 4.99 Å². The Labute approximate surface area is 181 Å². The molecule has 0 aromatic heterocycles. The molecule has 0 aliphatic carbocycles. The van der Waals surface area contributed by atoms with Crippen molar-refractivity contribution in [3.05, 3.63) is 88.5 Å². The fourth-order valence-corrected chi connectivity index (χ4v) is 4.29. The van der Waals surface area contributed by atoms with Crippen LogP contribution in [-0.4, -0.2) is 24.3 Å². The van der Waals surface area contributed by atoms with E-state index in [1.54, 1.807) is 0 Å². The van der Waals surface area contributed by atoms with E-state index in [-0.39, 0.29) is 0 Å². The molecule has 0 saturated carbocycles. The van der Waals surface area contributed by atoms with Gasteiger partial charge in [0.2, 0.25) is 0 Å². The summed E-state index contributed by atoms with van der Waals surface area (Å²) in [4.78, 5) is 7.14. The van der Waals surface area contributed by atoms with Crippen LogP contribution < -0.4 is 0 Å². The fourth-order valence-electron chi connectivity index (χ4n) is 4.29. The van der Waals surface area contributed by atoms with Crippen molar-refractivity contribution in [1.29, 1.82) is 0 Å². The zero-order valence-corrected chi connectivity index (χ0v) is 18.5. The number of nitrogens with zero attached hydrogens (tertiary/aromatic N) is 2. The second-order valence-corrected chi connectivity index (χ2v) is 8.59. The molecule has 0 radical (unpaired) electrons. The lowest BCUT2D eigenvalue weighted by Gasteiger charge is -2.24. The van der Waals surface area contributed by atoms with Gasteiger partial charge in [-0.3, -0.25) is 0 Å². The van der Waals surface area contributed by atoms with E-state index in [1.807, 2.05) is 6.34 Å². The van der Waals surface area contributed by atoms with Gasteiger partial charge in [-0.05, 0) is 91.5 Å². The zero-order chi connectivity index (χ0) is 20.9. The van der Waals surface area contributed by atoms with Crippen LogP contribution >= 0.6 is 0 Å². The van der Waals surface area contributed by atoms with Crippen molar-refractivity contribution in [3.8, 4) is 11.1 Å². The molecule has 0 unspecified atom stereocenters. The predicted molar refractivity (Wildman–Crippen MR) is 129 cm³/mol. The Hall–Kier alpha value is -2.87. The number of hydrogen-bond acceptors (Lipinski definition) is 1. The average Bonchev–Trinajstić information content (AvgIpc) is 2.77. The Bertz CT molecular complexity index is 1030. The number of rotatable bonds is 5. The fraction of sp³-hybridized carbons (Fsp3) is 0.321. The second kappa shape index (κ2) is 9.30. The summed E-state index contributed by atoms with van der Waals surface area (Å²) in [6, 6.07) is 22.1. The third-order valence-electron chi connectivity index (χ3n) is 6.21. The van der Waals surface area contributed by atoms with Crippen LogP contribution in [-0.2, 0) is 6.42 Å². The molecule has 0 atom stereocenters. The standard InChI is InChI=1S/C28H32N2/c1-21-9-5-6-10-27(21)25-13-11-24(12-14-25)19-26-17-23(3)28(18-22(26)2)29-20-30-15-7-4-8-16-30/h5-6,9-14,17-18,20H,4,7-8,15-16,19H2,1-3H3. The van der Waals surface area contributed by atoms with Crippen molar-refractivity contribution < 1.29 is 0 Å². The van der Waals surface area contributed by atoms with Crippen LogP contribution in [0, 0.1) is 20.8 Å². The Kier molecular flexibility index (Phi) is 6.32. The molecule has 1 heterocycles. The van der Waals surface area contributed by atoms with Crippen LogP contribution in [0.15, 0.2) is 65.7 Å². The number of aryl methyl sites for hydroxylation is 3. The highest BCUT2D eigenvalue weighted by Crippen LogP contribution is 2.27. The Morgan fingerprint density at radius 1 is 0.800 bits per heavy atom. The molecule has 3 aromatic rings. The smallest absolute Gasteiger partial charge is 0.0912 e. The zero-order valence-electron chi connectivity index (χ0n) is 18.5. The number of piperidine rings is 1. The van der Waals surface area contributed by atoms with Crippen molar-refractivity contribution in [2.45, 2.75) is 46.5 Å². The molecular formula is C28H32N2. The molecule has 4 rings (SSSR count). The third kappa shape index (κ3) is 4.81. The van der Waals surface area contributed by atoms with E-state index in [2.05, 4.69) is 86.3 Å². The lowest BCUT2D eigenvalue weighted by molar-refractivity contribution is 0.351. The summed E-state index contributed by atoms with van der Waals surface area (Å²) in [6.45, 7) is 8.82. The van der Waals surface area contributed by atoms with E-state index in [9.17, 15) is 0 Å². The van der Waals surface area contributed by atoms with E-state index in [4.69, 9.17) is 4.99 Å². The molecule has 1 fully saturated rings. The normalized spacial score (nSPS) is 14.4. The van der Waals surface area contributed by atoms with Gasteiger partial charge in [-0.1, -0.05) is 54.6 Å². The van der Waals surface area contributed by atoms with Crippen molar-refractivity contribution >= 4 is 12.0 Å². The Morgan fingerprint density at radius 3 is 2.27 bits per heavy atom. The first-order valence-corrected chi connectivity index (χ1v) is 11.1. The third-order valence-corrected chi connectivity index (χ3v) is 6.21. The highest BCUT2D eigenvalue weighted by Gasteiger charge is 2.08.